The predicted octanol–water partition coefficient (Wildman–Crippen LogP) is 5.40. The number of anilines is 1. The van der Waals surface area contributed by atoms with Crippen LogP contribution in [0.25, 0.3) is 10.9 Å². The van der Waals surface area contributed by atoms with E-state index in [1.165, 1.54) is 48.0 Å². The van der Waals surface area contributed by atoms with Gasteiger partial charge in [-0.15, -0.1) is 0 Å². The molecule has 0 bridgehead atoms. The van der Waals surface area contributed by atoms with Gasteiger partial charge in [-0.25, -0.2) is 0 Å². The summed E-state index contributed by atoms with van der Waals surface area (Å²) in [5.41, 5.74) is 4.83. The van der Waals surface area contributed by atoms with E-state index in [1.807, 2.05) is 0 Å². The fraction of sp³-hybridized carbons (Fsp3) is 0.471. The van der Waals surface area contributed by atoms with Gasteiger partial charge >= 0.3 is 0 Å². The van der Waals surface area contributed by atoms with Crippen LogP contribution in [0.1, 0.15) is 49.8 Å². The highest BCUT2D eigenvalue weighted by molar-refractivity contribution is 9.10. The molecule has 2 nitrogen and oxygen atoms in total. The molecule has 2 aromatic rings. The summed E-state index contributed by atoms with van der Waals surface area (Å²) in [6.45, 7) is 5.21. The van der Waals surface area contributed by atoms with Crippen molar-refractivity contribution in [2.45, 2.75) is 45.4 Å². The third-order valence-corrected chi connectivity index (χ3v) is 5.27. The molecule has 1 aromatic carbocycles. The molecule has 0 saturated heterocycles. The third-order valence-electron chi connectivity index (χ3n) is 4.27. The number of halogens is 1. The molecule has 0 unspecified atom stereocenters. The molecule has 3 rings (SSSR count). The van der Waals surface area contributed by atoms with Gasteiger partial charge in [-0.1, -0.05) is 25.0 Å². The minimum Gasteiger partial charge on any atom is -0.385 e. The van der Waals surface area contributed by atoms with Crippen LogP contribution in [-0.4, -0.2) is 11.5 Å². The van der Waals surface area contributed by atoms with Gasteiger partial charge in [0.1, 0.15) is 0 Å². The normalized spacial score (nSPS) is 15.9. The molecule has 3 heteroatoms. The summed E-state index contributed by atoms with van der Waals surface area (Å²) in [5, 5.41) is 4.71. The molecule has 0 aliphatic heterocycles. The minimum absolute atomic E-state index is 0.643. The van der Waals surface area contributed by atoms with Gasteiger partial charge in [-0.05, 0) is 54.2 Å². The molecule has 106 valence electrons. The summed E-state index contributed by atoms with van der Waals surface area (Å²) >= 11 is 3.72. The number of aryl methyl sites for hydroxylation is 1. The van der Waals surface area contributed by atoms with E-state index < -0.39 is 0 Å². The van der Waals surface area contributed by atoms with Crippen molar-refractivity contribution in [3.05, 3.63) is 33.9 Å². The van der Waals surface area contributed by atoms with E-state index in [9.17, 15) is 0 Å². The molecule has 20 heavy (non-hydrogen) atoms. The van der Waals surface area contributed by atoms with Crippen molar-refractivity contribution in [3.63, 3.8) is 0 Å². The number of aromatic nitrogens is 1. The lowest BCUT2D eigenvalue weighted by Gasteiger charge is -2.15. The maximum atomic E-state index is 4.97. The first-order valence-electron chi connectivity index (χ1n) is 7.54. The number of fused-ring (bicyclic) bond motifs is 1. The highest BCUT2D eigenvalue weighted by Gasteiger charge is 2.20. The van der Waals surface area contributed by atoms with Gasteiger partial charge in [0.15, 0.2) is 0 Å². The first-order valence-corrected chi connectivity index (χ1v) is 8.33. The zero-order valence-electron chi connectivity index (χ0n) is 12.2. The Bertz CT molecular complexity index is 630. The van der Waals surface area contributed by atoms with Gasteiger partial charge in [0.05, 0.1) is 5.52 Å². The summed E-state index contributed by atoms with van der Waals surface area (Å²) in [6.07, 6.45) is 5.26. The van der Waals surface area contributed by atoms with Crippen molar-refractivity contribution in [3.8, 4) is 0 Å². The molecule has 1 heterocycles. The van der Waals surface area contributed by atoms with Crippen LogP contribution in [-0.2, 0) is 0 Å². The van der Waals surface area contributed by atoms with Gasteiger partial charge in [0.2, 0.25) is 0 Å². The van der Waals surface area contributed by atoms with Gasteiger partial charge in [-0.3, -0.25) is 4.98 Å². The SMILES string of the molecule is CCNc1cc(C2CCCC2)nc2c(Br)c(C)ccc12. The lowest BCUT2D eigenvalue weighted by atomic mass is 10.0. The average molecular weight is 333 g/mol. The molecular formula is C17H21BrN2. The number of nitrogens with zero attached hydrogens (tertiary/aromatic N) is 1. The zero-order chi connectivity index (χ0) is 14.1. The second-order valence-corrected chi connectivity index (χ2v) is 6.49. The first-order chi connectivity index (χ1) is 9.70. The Labute approximate surface area is 129 Å². The quantitative estimate of drug-likeness (QED) is 0.814. The Balaban J connectivity index is 2.19. The Kier molecular flexibility index (Phi) is 3.97. The van der Waals surface area contributed by atoms with Crippen LogP contribution >= 0.6 is 15.9 Å². The largest absolute Gasteiger partial charge is 0.385 e. The number of benzene rings is 1. The standard InChI is InChI=1S/C17H21BrN2/c1-3-19-15-10-14(12-6-4-5-7-12)20-17-13(15)9-8-11(2)16(17)18/h8-10,12H,3-7H2,1-2H3,(H,19,20). The number of pyridine rings is 1. The Morgan fingerprint density at radius 1 is 1.30 bits per heavy atom. The molecule has 0 atom stereocenters. The molecule has 1 aliphatic rings. The van der Waals surface area contributed by atoms with Crippen LogP contribution in [0.4, 0.5) is 5.69 Å². The minimum atomic E-state index is 0.643. The van der Waals surface area contributed by atoms with Gasteiger partial charge in [0.25, 0.3) is 0 Å². The lowest BCUT2D eigenvalue weighted by Crippen LogP contribution is -2.03. The summed E-state index contributed by atoms with van der Waals surface area (Å²) < 4.78 is 1.13. The first kappa shape index (κ1) is 13.9. The van der Waals surface area contributed by atoms with Crippen molar-refractivity contribution in [1.29, 1.82) is 0 Å². The lowest BCUT2D eigenvalue weighted by molar-refractivity contribution is 0.701. The number of nitrogens with one attached hydrogen (secondary N) is 1. The van der Waals surface area contributed by atoms with Crippen molar-refractivity contribution in [2.75, 3.05) is 11.9 Å². The summed E-state index contributed by atoms with van der Waals surface area (Å²) in [5.74, 6) is 0.643. The maximum absolute atomic E-state index is 4.97. The smallest absolute Gasteiger partial charge is 0.0870 e. The molecule has 0 amide bonds. The second kappa shape index (κ2) is 5.72. The van der Waals surface area contributed by atoms with Crippen molar-refractivity contribution >= 4 is 32.5 Å². The zero-order valence-corrected chi connectivity index (χ0v) is 13.8. The Morgan fingerprint density at radius 2 is 2.05 bits per heavy atom. The molecule has 1 fully saturated rings. The predicted molar refractivity (Wildman–Crippen MR) is 89.6 cm³/mol. The van der Waals surface area contributed by atoms with Gasteiger partial charge in [0, 0.05) is 33.7 Å². The molecular weight excluding hydrogens is 312 g/mol. The topological polar surface area (TPSA) is 24.9 Å². The molecule has 0 spiro atoms. The van der Waals surface area contributed by atoms with Crippen LogP contribution in [0.5, 0.6) is 0 Å². The van der Waals surface area contributed by atoms with Crippen LogP contribution in [0, 0.1) is 6.92 Å². The molecule has 1 saturated carbocycles. The summed E-state index contributed by atoms with van der Waals surface area (Å²) in [4.78, 5) is 4.97. The van der Waals surface area contributed by atoms with E-state index >= 15 is 0 Å². The number of hydrogen-bond donors (Lipinski definition) is 1. The van der Waals surface area contributed by atoms with E-state index in [0.717, 1.165) is 16.5 Å². The molecule has 1 N–H and O–H groups in total. The van der Waals surface area contributed by atoms with E-state index in [4.69, 9.17) is 4.98 Å². The van der Waals surface area contributed by atoms with E-state index in [-0.39, 0.29) is 0 Å². The van der Waals surface area contributed by atoms with Crippen LogP contribution in [0.15, 0.2) is 22.7 Å². The van der Waals surface area contributed by atoms with Crippen LogP contribution < -0.4 is 5.32 Å². The van der Waals surface area contributed by atoms with Crippen molar-refractivity contribution in [2.24, 2.45) is 0 Å². The van der Waals surface area contributed by atoms with E-state index in [2.05, 4.69) is 53.3 Å². The fourth-order valence-corrected chi connectivity index (χ4v) is 3.58. The summed E-state index contributed by atoms with van der Waals surface area (Å²) in [6, 6.07) is 6.60. The second-order valence-electron chi connectivity index (χ2n) is 5.70. The van der Waals surface area contributed by atoms with Crippen LogP contribution in [0.2, 0.25) is 0 Å². The van der Waals surface area contributed by atoms with Crippen LogP contribution in [0.3, 0.4) is 0 Å². The van der Waals surface area contributed by atoms with Crippen molar-refractivity contribution in [1.82, 2.24) is 4.98 Å². The fourth-order valence-electron chi connectivity index (χ4n) is 3.15. The monoisotopic (exact) mass is 332 g/mol. The molecule has 1 aliphatic carbocycles. The van der Waals surface area contributed by atoms with Crippen molar-refractivity contribution < 1.29 is 0 Å². The third kappa shape index (κ3) is 2.44. The molecule has 1 aromatic heterocycles. The van der Waals surface area contributed by atoms with E-state index in [1.54, 1.807) is 0 Å². The highest BCUT2D eigenvalue weighted by atomic mass is 79.9. The number of hydrogen-bond acceptors (Lipinski definition) is 2. The highest BCUT2D eigenvalue weighted by Crippen LogP contribution is 2.38. The van der Waals surface area contributed by atoms with Gasteiger partial charge in [-0.2, -0.15) is 0 Å². The molecule has 0 radical (unpaired) electrons. The number of rotatable bonds is 3. The maximum Gasteiger partial charge on any atom is 0.0870 e. The van der Waals surface area contributed by atoms with Gasteiger partial charge < -0.3 is 5.32 Å². The van der Waals surface area contributed by atoms with E-state index in [0.29, 0.717) is 5.92 Å². The Hall–Kier alpha value is -1.09. The Morgan fingerprint density at radius 3 is 2.75 bits per heavy atom. The summed E-state index contributed by atoms with van der Waals surface area (Å²) in [7, 11) is 0. The average Bonchev–Trinajstić information content (AvgIpc) is 2.97.